The first-order valence-electron chi connectivity index (χ1n) is 11.8. The van der Waals surface area contributed by atoms with Gasteiger partial charge in [-0.1, -0.05) is 83.1 Å². The molecule has 0 bridgehead atoms. The molecule has 0 fully saturated rings. The van der Waals surface area contributed by atoms with Crippen LogP contribution in [0.25, 0.3) is 0 Å². The number of esters is 1. The van der Waals surface area contributed by atoms with Gasteiger partial charge in [-0.2, -0.15) is 0 Å². The quantitative estimate of drug-likeness (QED) is 0.160. The third kappa shape index (κ3) is 10.6. The van der Waals surface area contributed by atoms with Crippen molar-refractivity contribution in [2.75, 3.05) is 7.11 Å². The van der Waals surface area contributed by atoms with Gasteiger partial charge in [0.15, 0.2) is 0 Å². The van der Waals surface area contributed by atoms with Crippen LogP contribution in [-0.2, 0) is 20.7 Å². The average Bonchev–Trinajstić information content (AvgIpc) is 2.75. The van der Waals surface area contributed by atoms with Crippen LogP contribution in [0, 0.1) is 5.92 Å². The first kappa shape index (κ1) is 25.4. The highest BCUT2D eigenvalue weighted by Gasteiger charge is 2.21. The van der Waals surface area contributed by atoms with Gasteiger partial charge in [0.1, 0.15) is 6.29 Å². The highest BCUT2D eigenvalue weighted by atomic mass is 16.5. The van der Waals surface area contributed by atoms with Crippen LogP contribution >= 0.6 is 0 Å². The molecule has 3 heteroatoms. The third-order valence-electron chi connectivity index (χ3n) is 5.91. The lowest BCUT2D eigenvalue weighted by Gasteiger charge is -2.23. The number of unbranched alkanes of at least 4 members (excludes halogenated alkanes) is 6. The number of methoxy groups -OCH3 is 1. The Morgan fingerprint density at radius 1 is 0.897 bits per heavy atom. The minimum absolute atomic E-state index is 0.0889. The second kappa shape index (κ2) is 16.2. The summed E-state index contributed by atoms with van der Waals surface area (Å²) >= 11 is 0. The van der Waals surface area contributed by atoms with Crippen molar-refractivity contribution in [1.82, 2.24) is 0 Å². The number of aryl methyl sites for hydroxylation is 1. The zero-order valence-electron chi connectivity index (χ0n) is 19.0. The third-order valence-corrected chi connectivity index (χ3v) is 5.91. The van der Waals surface area contributed by atoms with Gasteiger partial charge in [0.25, 0.3) is 0 Å². The number of ether oxygens (including phenoxy) is 1. The second-order valence-electron chi connectivity index (χ2n) is 8.28. The van der Waals surface area contributed by atoms with E-state index < -0.39 is 0 Å². The summed E-state index contributed by atoms with van der Waals surface area (Å²) < 4.78 is 4.68. The molecule has 0 aromatic heterocycles. The van der Waals surface area contributed by atoms with Crippen molar-refractivity contribution in [3.63, 3.8) is 0 Å². The van der Waals surface area contributed by atoms with E-state index in [9.17, 15) is 9.59 Å². The van der Waals surface area contributed by atoms with Gasteiger partial charge in [0, 0.05) is 12.3 Å². The van der Waals surface area contributed by atoms with Gasteiger partial charge < -0.3 is 9.53 Å². The Labute approximate surface area is 178 Å². The lowest BCUT2D eigenvalue weighted by molar-refractivity contribution is -0.140. The maximum Gasteiger partial charge on any atom is 0.305 e. The van der Waals surface area contributed by atoms with Gasteiger partial charge >= 0.3 is 5.97 Å². The Morgan fingerprint density at radius 2 is 1.59 bits per heavy atom. The molecule has 1 aromatic rings. The fourth-order valence-corrected chi connectivity index (χ4v) is 4.10. The zero-order valence-corrected chi connectivity index (χ0v) is 19.0. The van der Waals surface area contributed by atoms with Crippen LogP contribution < -0.4 is 0 Å². The number of aldehydes is 1. The van der Waals surface area contributed by atoms with Gasteiger partial charge in [-0.3, -0.25) is 4.79 Å². The molecule has 3 nitrogen and oxygen atoms in total. The number of hydrogen-bond acceptors (Lipinski definition) is 3. The summed E-state index contributed by atoms with van der Waals surface area (Å²) in [6, 6.07) is 9.03. The highest BCUT2D eigenvalue weighted by Crippen LogP contribution is 2.32. The van der Waals surface area contributed by atoms with E-state index in [1.807, 2.05) is 0 Å². The Hall–Kier alpha value is -1.64. The predicted octanol–water partition coefficient (Wildman–Crippen LogP) is 7.02. The van der Waals surface area contributed by atoms with E-state index in [1.165, 1.54) is 50.2 Å². The molecule has 164 valence electrons. The molecular formula is C26H42O3. The van der Waals surface area contributed by atoms with Crippen LogP contribution in [0.2, 0.25) is 0 Å². The fraction of sp³-hybridized carbons (Fsp3) is 0.692. The molecule has 1 unspecified atom stereocenters. The van der Waals surface area contributed by atoms with Crippen LogP contribution in [0.3, 0.4) is 0 Å². The molecule has 0 radical (unpaired) electrons. The Bertz CT molecular complexity index is 550. The average molecular weight is 403 g/mol. The molecule has 0 aliphatic heterocycles. The van der Waals surface area contributed by atoms with Crippen LogP contribution in [0.4, 0.5) is 0 Å². The number of carbonyl (C=O) groups excluding carboxylic acids is 2. The molecular weight excluding hydrogens is 360 g/mol. The van der Waals surface area contributed by atoms with E-state index in [1.54, 1.807) is 0 Å². The minimum atomic E-state index is -0.132. The SMILES string of the molecule is CCCCCCc1ccc([C@H](CCC)C(C=O)CCCCCCC(=O)OC)cc1. The summed E-state index contributed by atoms with van der Waals surface area (Å²) in [7, 11) is 1.43. The van der Waals surface area contributed by atoms with Crippen LogP contribution in [0.1, 0.15) is 108 Å². The summed E-state index contributed by atoms with van der Waals surface area (Å²) in [5, 5.41) is 0. The van der Waals surface area contributed by atoms with Crippen molar-refractivity contribution in [2.45, 2.75) is 103 Å². The minimum Gasteiger partial charge on any atom is -0.469 e. The number of carbonyl (C=O) groups is 2. The highest BCUT2D eigenvalue weighted by molar-refractivity contribution is 5.68. The first-order chi connectivity index (χ1) is 14.2. The van der Waals surface area contributed by atoms with Crippen LogP contribution in [0.5, 0.6) is 0 Å². The molecule has 29 heavy (non-hydrogen) atoms. The Morgan fingerprint density at radius 3 is 2.21 bits per heavy atom. The molecule has 0 heterocycles. The normalized spacial score (nSPS) is 13.1. The predicted molar refractivity (Wildman–Crippen MR) is 121 cm³/mol. The molecule has 0 spiro atoms. The van der Waals surface area contributed by atoms with Gasteiger partial charge in [-0.05, 0) is 49.1 Å². The summed E-state index contributed by atoms with van der Waals surface area (Å²) in [4.78, 5) is 23.0. The number of rotatable bonds is 17. The maximum atomic E-state index is 11.9. The number of hydrogen-bond donors (Lipinski definition) is 0. The van der Waals surface area contributed by atoms with Gasteiger partial charge in [-0.15, -0.1) is 0 Å². The molecule has 1 rings (SSSR count). The summed E-state index contributed by atoms with van der Waals surface area (Å²) in [6.07, 6.45) is 15.1. The van der Waals surface area contributed by atoms with E-state index in [0.717, 1.165) is 51.4 Å². The standard InChI is InChI=1S/C26H42O3/c1-4-6-7-10-14-22-17-19-23(20-18-22)25(13-5-2)24(21-27)15-11-8-9-12-16-26(28)29-3/h17-21,24-25H,4-16H2,1-3H3/t24?,25-/m0/s1. The maximum absolute atomic E-state index is 11.9. The molecule has 0 N–H and O–H groups in total. The zero-order chi connectivity index (χ0) is 21.3. The van der Waals surface area contributed by atoms with E-state index in [-0.39, 0.29) is 11.9 Å². The van der Waals surface area contributed by atoms with Crippen molar-refractivity contribution < 1.29 is 14.3 Å². The lowest BCUT2D eigenvalue weighted by Crippen LogP contribution is -2.15. The van der Waals surface area contributed by atoms with Crippen molar-refractivity contribution in [1.29, 1.82) is 0 Å². The molecule has 1 aromatic carbocycles. The molecule has 0 saturated carbocycles. The summed E-state index contributed by atoms with van der Waals surface area (Å²) in [6.45, 7) is 4.44. The smallest absolute Gasteiger partial charge is 0.305 e. The molecule has 0 saturated heterocycles. The van der Waals surface area contributed by atoms with E-state index >= 15 is 0 Å². The largest absolute Gasteiger partial charge is 0.469 e. The van der Waals surface area contributed by atoms with Crippen LogP contribution in [-0.4, -0.2) is 19.4 Å². The summed E-state index contributed by atoms with van der Waals surface area (Å²) in [5.41, 5.74) is 2.72. The molecule has 2 atom stereocenters. The van der Waals surface area contributed by atoms with Crippen LogP contribution in [0.15, 0.2) is 24.3 Å². The van der Waals surface area contributed by atoms with Gasteiger partial charge in [-0.25, -0.2) is 0 Å². The topological polar surface area (TPSA) is 43.4 Å². The lowest BCUT2D eigenvalue weighted by atomic mass is 9.80. The molecule has 0 aliphatic carbocycles. The van der Waals surface area contributed by atoms with E-state index in [4.69, 9.17) is 0 Å². The van der Waals surface area contributed by atoms with Crippen molar-refractivity contribution in [3.8, 4) is 0 Å². The molecule has 0 amide bonds. The number of benzene rings is 1. The monoisotopic (exact) mass is 402 g/mol. The van der Waals surface area contributed by atoms with E-state index in [0.29, 0.717) is 12.3 Å². The van der Waals surface area contributed by atoms with Crippen molar-refractivity contribution in [3.05, 3.63) is 35.4 Å². The second-order valence-corrected chi connectivity index (χ2v) is 8.28. The summed E-state index contributed by atoms with van der Waals surface area (Å²) in [5.74, 6) is 0.278. The van der Waals surface area contributed by atoms with Crippen molar-refractivity contribution >= 4 is 12.3 Å². The molecule has 0 aliphatic rings. The Kier molecular flexibility index (Phi) is 14.2. The van der Waals surface area contributed by atoms with Gasteiger partial charge in [0.2, 0.25) is 0 Å². The van der Waals surface area contributed by atoms with Crippen molar-refractivity contribution in [2.24, 2.45) is 5.92 Å². The Balaban J connectivity index is 2.52. The first-order valence-corrected chi connectivity index (χ1v) is 11.8. The van der Waals surface area contributed by atoms with Gasteiger partial charge in [0.05, 0.1) is 7.11 Å². The van der Waals surface area contributed by atoms with E-state index in [2.05, 4.69) is 42.8 Å². The fourth-order valence-electron chi connectivity index (χ4n) is 4.10.